The molecule has 0 saturated carbocycles. The number of primary amides is 1. The molecule has 5 nitrogen and oxygen atoms in total. The van der Waals surface area contributed by atoms with Crippen LogP contribution in [-0.4, -0.2) is 16.0 Å². The lowest BCUT2D eigenvalue weighted by Gasteiger charge is -2.06. The zero-order valence-electron chi connectivity index (χ0n) is 6.87. The number of hydrogen-bond acceptors (Lipinski definition) is 4. The van der Waals surface area contributed by atoms with E-state index in [0.717, 1.165) is 0 Å². The van der Waals surface area contributed by atoms with Crippen LogP contribution in [0.25, 0.3) is 0 Å². The molecule has 1 rings (SSSR count). The normalized spacial score (nSPS) is 10.5. The highest BCUT2D eigenvalue weighted by Crippen LogP contribution is 2.28. The van der Waals surface area contributed by atoms with Gasteiger partial charge in [-0.15, -0.1) is 0 Å². The maximum atomic E-state index is 12.2. The van der Waals surface area contributed by atoms with E-state index in [2.05, 4.69) is 4.98 Å². The Balaban J connectivity index is 3.31. The molecule has 0 unspecified atom stereocenters. The molecule has 0 atom stereocenters. The van der Waals surface area contributed by atoms with Crippen LogP contribution in [0, 0.1) is 0 Å². The number of pyridine rings is 1. The van der Waals surface area contributed by atoms with E-state index in [9.17, 15) is 13.6 Å². The van der Waals surface area contributed by atoms with E-state index >= 15 is 0 Å². The van der Waals surface area contributed by atoms with Crippen molar-refractivity contribution in [2.24, 2.45) is 5.73 Å². The first-order valence-electron chi connectivity index (χ1n) is 3.50. The zero-order chi connectivity index (χ0) is 10.9. The molecule has 76 valence electrons. The smallest absolute Gasteiger partial charge is 0.271 e. The standard InChI is InChI=1S/C7H7F2N3O2/c8-5(9)2-1-3(13)4(7(11)14)12-6(2)10/h1,5,13H,(H2,10,12)(H2,11,14). The third-order valence-electron chi connectivity index (χ3n) is 1.53. The number of aromatic hydroxyl groups is 1. The van der Waals surface area contributed by atoms with E-state index < -0.39 is 35.2 Å². The molecular formula is C7H7F2N3O2. The van der Waals surface area contributed by atoms with Gasteiger partial charge in [0.1, 0.15) is 11.6 Å². The van der Waals surface area contributed by atoms with Crippen LogP contribution in [0.4, 0.5) is 14.6 Å². The highest BCUT2D eigenvalue weighted by atomic mass is 19.3. The number of nitrogen functional groups attached to an aromatic ring is 1. The van der Waals surface area contributed by atoms with Gasteiger partial charge in [0.25, 0.3) is 12.3 Å². The van der Waals surface area contributed by atoms with E-state index in [-0.39, 0.29) is 0 Å². The number of aromatic nitrogens is 1. The second-order valence-corrected chi connectivity index (χ2v) is 2.50. The lowest BCUT2D eigenvalue weighted by Crippen LogP contribution is -2.15. The quantitative estimate of drug-likeness (QED) is 0.647. The molecule has 0 radical (unpaired) electrons. The summed E-state index contributed by atoms with van der Waals surface area (Å²) >= 11 is 0. The van der Waals surface area contributed by atoms with Gasteiger partial charge in [-0.2, -0.15) is 0 Å². The van der Waals surface area contributed by atoms with E-state index in [1.54, 1.807) is 0 Å². The first-order chi connectivity index (χ1) is 6.43. The molecular weight excluding hydrogens is 196 g/mol. The van der Waals surface area contributed by atoms with Crippen LogP contribution in [0.5, 0.6) is 5.75 Å². The number of nitrogens with two attached hydrogens (primary N) is 2. The van der Waals surface area contributed by atoms with Gasteiger partial charge in [0, 0.05) is 0 Å². The number of anilines is 1. The van der Waals surface area contributed by atoms with Gasteiger partial charge in [0.05, 0.1) is 5.56 Å². The number of alkyl halides is 2. The fourth-order valence-corrected chi connectivity index (χ4v) is 0.888. The van der Waals surface area contributed by atoms with Gasteiger partial charge in [-0.05, 0) is 6.07 Å². The average molecular weight is 203 g/mol. The van der Waals surface area contributed by atoms with Crippen LogP contribution >= 0.6 is 0 Å². The van der Waals surface area contributed by atoms with Crippen molar-refractivity contribution < 1.29 is 18.7 Å². The van der Waals surface area contributed by atoms with Crippen LogP contribution in [-0.2, 0) is 0 Å². The first kappa shape index (κ1) is 10.2. The topological polar surface area (TPSA) is 102 Å². The molecule has 0 spiro atoms. The van der Waals surface area contributed by atoms with Gasteiger partial charge in [0.2, 0.25) is 0 Å². The molecule has 0 aliphatic carbocycles. The van der Waals surface area contributed by atoms with Crippen molar-refractivity contribution in [1.82, 2.24) is 4.98 Å². The van der Waals surface area contributed by atoms with Crippen molar-refractivity contribution in [2.45, 2.75) is 6.43 Å². The van der Waals surface area contributed by atoms with Gasteiger partial charge in [-0.3, -0.25) is 4.79 Å². The zero-order valence-corrected chi connectivity index (χ0v) is 6.87. The Bertz CT molecular complexity index is 381. The van der Waals surface area contributed by atoms with Gasteiger partial charge in [0.15, 0.2) is 5.69 Å². The Kier molecular flexibility index (Phi) is 2.50. The predicted molar refractivity (Wildman–Crippen MR) is 43.8 cm³/mol. The number of halogens is 2. The summed E-state index contributed by atoms with van der Waals surface area (Å²) in [6, 6.07) is 0.674. The van der Waals surface area contributed by atoms with Crippen LogP contribution in [0.3, 0.4) is 0 Å². The van der Waals surface area contributed by atoms with Crippen LogP contribution in [0.15, 0.2) is 6.07 Å². The van der Waals surface area contributed by atoms with Crippen LogP contribution in [0.2, 0.25) is 0 Å². The molecule has 0 bridgehead atoms. The molecule has 0 aliphatic heterocycles. The number of nitrogens with zero attached hydrogens (tertiary/aromatic N) is 1. The summed E-state index contributed by atoms with van der Waals surface area (Å²) in [7, 11) is 0. The highest BCUT2D eigenvalue weighted by Gasteiger charge is 2.18. The number of rotatable bonds is 2. The molecule has 14 heavy (non-hydrogen) atoms. The number of hydrogen-bond donors (Lipinski definition) is 3. The predicted octanol–water partition coefficient (Wildman–Crippen LogP) is 0.406. The Labute approximate surface area is 77.3 Å². The molecule has 0 aliphatic rings. The number of carbonyl (C=O) groups is 1. The van der Waals surface area contributed by atoms with Gasteiger partial charge >= 0.3 is 0 Å². The highest BCUT2D eigenvalue weighted by molar-refractivity contribution is 5.94. The maximum Gasteiger partial charge on any atom is 0.271 e. The minimum atomic E-state index is -2.87. The van der Waals surface area contributed by atoms with Crippen LogP contribution < -0.4 is 11.5 Å². The summed E-state index contributed by atoms with van der Waals surface area (Å²) in [6.45, 7) is 0. The molecule has 1 amide bonds. The Hall–Kier alpha value is -1.92. The van der Waals surface area contributed by atoms with Gasteiger partial charge < -0.3 is 16.6 Å². The molecule has 0 aromatic carbocycles. The van der Waals surface area contributed by atoms with E-state index in [1.807, 2.05) is 0 Å². The third kappa shape index (κ3) is 1.70. The molecule has 1 aromatic heterocycles. The fourth-order valence-electron chi connectivity index (χ4n) is 0.888. The summed E-state index contributed by atoms with van der Waals surface area (Å²) in [5.74, 6) is -2.26. The monoisotopic (exact) mass is 203 g/mol. The Morgan fingerprint density at radius 1 is 1.57 bits per heavy atom. The first-order valence-corrected chi connectivity index (χ1v) is 3.50. The molecule has 5 N–H and O–H groups in total. The van der Waals surface area contributed by atoms with Crippen molar-refractivity contribution in [3.8, 4) is 5.75 Å². The van der Waals surface area contributed by atoms with Crippen molar-refractivity contribution in [2.75, 3.05) is 5.73 Å². The molecule has 7 heteroatoms. The third-order valence-corrected chi connectivity index (χ3v) is 1.53. The summed E-state index contributed by atoms with van der Waals surface area (Å²) in [5.41, 5.74) is 8.77. The minimum Gasteiger partial charge on any atom is -0.505 e. The largest absolute Gasteiger partial charge is 0.505 e. The van der Waals surface area contributed by atoms with Crippen molar-refractivity contribution >= 4 is 11.7 Å². The molecule has 0 fully saturated rings. The Morgan fingerprint density at radius 3 is 2.57 bits per heavy atom. The number of amides is 1. The van der Waals surface area contributed by atoms with Crippen molar-refractivity contribution in [3.63, 3.8) is 0 Å². The summed E-state index contributed by atoms with van der Waals surface area (Å²) < 4.78 is 24.4. The minimum absolute atomic E-state index is 0.521. The van der Waals surface area contributed by atoms with Gasteiger partial charge in [-0.25, -0.2) is 13.8 Å². The second kappa shape index (κ2) is 3.44. The number of carbonyl (C=O) groups excluding carboxylic acids is 1. The summed E-state index contributed by atoms with van der Waals surface area (Å²) in [6.07, 6.45) is -2.87. The SMILES string of the molecule is NC(=O)c1nc(N)c(C(F)F)cc1O. The lowest BCUT2D eigenvalue weighted by atomic mass is 10.2. The molecule has 1 aromatic rings. The van der Waals surface area contributed by atoms with E-state index in [4.69, 9.17) is 16.6 Å². The van der Waals surface area contributed by atoms with E-state index in [1.165, 1.54) is 0 Å². The lowest BCUT2D eigenvalue weighted by molar-refractivity contribution is 0.0992. The second-order valence-electron chi connectivity index (χ2n) is 2.50. The van der Waals surface area contributed by atoms with Crippen molar-refractivity contribution in [1.29, 1.82) is 0 Å². The summed E-state index contributed by atoms with van der Waals surface area (Å²) in [5, 5.41) is 9.08. The maximum absolute atomic E-state index is 12.2. The van der Waals surface area contributed by atoms with Crippen molar-refractivity contribution in [3.05, 3.63) is 17.3 Å². The average Bonchev–Trinajstić information content (AvgIpc) is 2.07. The molecule has 0 saturated heterocycles. The van der Waals surface area contributed by atoms with Crippen LogP contribution in [0.1, 0.15) is 22.5 Å². The van der Waals surface area contributed by atoms with Gasteiger partial charge in [-0.1, -0.05) is 0 Å². The Morgan fingerprint density at radius 2 is 2.14 bits per heavy atom. The fraction of sp³-hybridized carbons (Fsp3) is 0.143. The summed E-state index contributed by atoms with van der Waals surface area (Å²) in [4.78, 5) is 13.9. The molecule has 1 heterocycles. The van der Waals surface area contributed by atoms with E-state index in [0.29, 0.717) is 6.07 Å².